The van der Waals surface area contributed by atoms with Crippen molar-refractivity contribution >= 4 is 16.7 Å². The van der Waals surface area contributed by atoms with Gasteiger partial charge in [0.15, 0.2) is 0 Å². The minimum atomic E-state index is -0.383. The lowest BCUT2D eigenvalue weighted by atomic mass is 10.1. The molecule has 0 amide bonds. The normalized spacial score (nSPS) is 17.1. The highest BCUT2D eigenvalue weighted by atomic mass is 19.1. The van der Waals surface area contributed by atoms with Crippen molar-refractivity contribution < 1.29 is 4.39 Å². The number of rotatable bonds is 3. The Kier molecular flexibility index (Phi) is 4.65. The number of nitrogens with zero attached hydrogens (tertiary/aromatic N) is 4. The van der Waals surface area contributed by atoms with Gasteiger partial charge in [0, 0.05) is 26.2 Å². The van der Waals surface area contributed by atoms with Crippen molar-refractivity contribution in [3.05, 3.63) is 63.8 Å². The highest BCUT2D eigenvalue weighted by Crippen LogP contribution is 2.30. The van der Waals surface area contributed by atoms with Crippen LogP contribution in [0.1, 0.15) is 24.0 Å². The molecule has 1 aliphatic heterocycles. The van der Waals surface area contributed by atoms with Crippen LogP contribution in [0.15, 0.2) is 41.2 Å². The zero-order chi connectivity index (χ0) is 19.8. The van der Waals surface area contributed by atoms with E-state index in [1.165, 1.54) is 16.7 Å². The summed E-state index contributed by atoms with van der Waals surface area (Å²) >= 11 is 0. The molecular formula is C21H22FN5O. The van der Waals surface area contributed by atoms with E-state index in [0.717, 1.165) is 24.9 Å². The second-order valence-corrected chi connectivity index (χ2v) is 7.34. The van der Waals surface area contributed by atoms with E-state index in [2.05, 4.69) is 11.0 Å². The molecule has 2 N–H and O–H groups in total. The number of aromatic nitrogens is 2. The van der Waals surface area contributed by atoms with Gasteiger partial charge in [0.1, 0.15) is 5.82 Å². The maximum Gasteiger partial charge on any atom is 0.329 e. The Bertz CT molecular complexity index is 1140. The van der Waals surface area contributed by atoms with Crippen molar-refractivity contribution in [2.45, 2.75) is 25.4 Å². The smallest absolute Gasteiger partial charge is 0.329 e. The molecule has 1 fully saturated rings. The molecule has 1 saturated heterocycles. The Morgan fingerprint density at radius 1 is 1.32 bits per heavy atom. The molecule has 0 bridgehead atoms. The Balaban J connectivity index is 1.92. The van der Waals surface area contributed by atoms with Crippen LogP contribution in [0, 0.1) is 17.1 Å². The van der Waals surface area contributed by atoms with Gasteiger partial charge in [-0.15, -0.1) is 0 Å². The van der Waals surface area contributed by atoms with Crippen molar-refractivity contribution in [1.82, 2.24) is 9.13 Å². The highest BCUT2D eigenvalue weighted by molar-refractivity contribution is 5.90. The third-order valence-corrected chi connectivity index (χ3v) is 5.45. The summed E-state index contributed by atoms with van der Waals surface area (Å²) < 4.78 is 17.5. The van der Waals surface area contributed by atoms with Crippen molar-refractivity contribution in [3.63, 3.8) is 0 Å². The molecule has 2 heterocycles. The third-order valence-electron chi connectivity index (χ3n) is 5.45. The lowest BCUT2D eigenvalue weighted by molar-refractivity contribution is 0.505. The van der Waals surface area contributed by atoms with Crippen LogP contribution >= 0.6 is 0 Å². The molecule has 3 aromatic rings. The highest BCUT2D eigenvalue weighted by Gasteiger charge is 2.24. The lowest BCUT2D eigenvalue weighted by Gasteiger charge is -2.33. The number of hydrogen-bond acceptors (Lipinski definition) is 4. The molecule has 7 heteroatoms. The van der Waals surface area contributed by atoms with Crippen LogP contribution in [0.3, 0.4) is 0 Å². The molecule has 0 spiro atoms. The van der Waals surface area contributed by atoms with Gasteiger partial charge in [-0.25, -0.2) is 9.18 Å². The van der Waals surface area contributed by atoms with Crippen LogP contribution in [-0.4, -0.2) is 28.3 Å². The molecule has 6 nitrogen and oxygen atoms in total. The van der Waals surface area contributed by atoms with Crippen LogP contribution in [0.5, 0.6) is 0 Å². The van der Waals surface area contributed by atoms with E-state index < -0.39 is 0 Å². The van der Waals surface area contributed by atoms with E-state index in [-0.39, 0.29) is 24.1 Å². The van der Waals surface area contributed by atoms with Gasteiger partial charge in [-0.2, -0.15) is 5.26 Å². The summed E-state index contributed by atoms with van der Waals surface area (Å²) in [5.41, 5.74) is 9.06. The van der Waals surface area contributed by atoms with Gasteiger partial charge in [-0.1, -0.05) is 18.2 Å². The average molecular weight is 379 g/mol. The number of nitrogens with two attached hydrogens (primary N) is 1. The molecular weight excluding hydrogens is 357 g/mol. The quantitative estimate of drug-likeness (QED) is 0.757. The molecule has 1 aromatic heterocycles. The molecule has 1 aliphatic rings. The zero-order valence-electron chi connectivity index (χ0n) is 15.7. The number of imidazole rings is 1. The van der Waals surface area contributed by atoms with Crippen molar-refractivity contribution in [2.75, 3.05) is 18.0 Å². The summed E-state index contributed by atoms with van der Waals surface area (Å²) in [5, 5.41) is 9.39. The van der Waals surface area contributed by atoms with Crippen LogP contribution in [-0.2, 0) is 13.6 Å². The van der Waals surface area contributed by atoms with E-state index in [9.17, 15) is 14.4 Å². The first-order valence-corrected chi connectivity index (χ1v) is 9.37. The Morgan fingerprint density at radius 2 is 2.11 bits per heavy atom. The predicted molar refractivity (Wildman–Crippen MR) is 107 cm³/mol. The second-order valence-electron chi connectivity index (χ2n) is 7.34. The molecule has 4 rings (SSSR count). The van der Waals surface area contributed by atoms with Crippen LogP contribution in [0.2, 0.25) is 0 Å². The number of halogens is 1. The van der Waals surface area contributed by atoms with Crippen molar-refractivity contribution in [3.8, 4) is 6.07 Å². The van der Waals surface area contributed by atoms with Gasteiger partial charge in [0.2, 0.25) is 0 Å². The Hall–Kier alpha value is -3.11. The van der Waals surface area contributed by atoms with Gasteiger partial charge >= 0.3 is 5.69 Å². The Labute approximate surface area is 162 Å². The van der Waals surface area contributed by atoms with E-state index in [4.69, 9.17) is 5.73 Å². The second kappa shape index (κ2) is 7.13. The maximum atomic E-state index is 14.4. The number of anilines is 1. The first-order valence-electron chi connectivity index (χ1n) is 9.37. The zero-order valence-corrected chi connectivity index (χ0v) is 15.7. The molecule has 0 aliphatic carbocycles. The van der Waals surface area contributed by atoms with Crippen molar-refractivity contribution in [2.24, 2.45) is 12.8 Å². The topological polar surface area (TPSA) is 80.0 Å². The van der Waals surface area contributed by atoms with Crippen molar-refractivity contribution in [1.29, 1.82) is 5.26 Å². The Morgan fingerprint density at radius 3 is 2.86 bits per heavy atom. The molecule has 28 heavy (non-hydrogen) atoms. The molecule has 0 saturated carbocycles. The number of piperidine rings is 1. The average Bonchev–Trinajstić information content (AvgIpc) is 2.92. The summed E-state index contributed by atoms with van der Waals surface area (Å²) in [6.07, 6.45) is 1.86. The minimum absolute atomic E-state index is 0.0234. The fraction of sp³-hybridized carbons (Fsp3) is 0.333. The number of nitriles is 1. The number of fused-ring (bicyclic) bond motifs is 1. The van der Waals surface area contributed by atoms with E-state index in [0.29, 0.717) is 28.8 Å². The third kappa shape index (κ3) is 3.06. The molecule has 144 valence electrons. The maximum absolute atomic E-state index is 14.4. The summed E-state index contributed by atoms with van der Waals surface area (Å²) in [5.74, 6) is -0.383. The summed E-state index contributed by atoms with van der Waals surface area (Å²) in [7, 11) is 1.64. The minimum Gasteiger partial charge on any atom is -0.368 e. The first kappa shape index (κ1) is 18.3. The van der Waals surface area contributed by atoms with Crippen LogP contribution in [0.4, 0.5) is 10.1 Å². The first-order chi connectivity index (χ1) is 13.5. The fourth-order valence-corrected chi connectivity index (χ4v) is 4.04. The molecule has 2 aromatic carbocycles. The van der Waals surface area contributed by atoms with Gasteiger partial charge < -0.3 is 10.6 Å². The molecule has 0 radical (unpaired) electrons. The van der Waals surface area contributed by atoms with Gasteiger partial charge in [-0.05, 0) is 36.6 Å². The summed E-state index contributed by atoms with van der Waals surface area (Å²) in [4.78, 5) is 15.0. The summed E-state index contributed by atoms with van der Waals surface area (Å²) in [6.45, 7) is 1.64. The largest absolute Gasteiger partial charge is 0.368 e. The molecule has 1 unspecified atom stereocenters. The van der Waals surface area contributed by atoms with E-state index >= 15 is 0 Å². The van der Waals surface area contributed by atoms with Gasteiger partial charge in [-0.3, -0.25) is 9.13 Å². The monoisotopic (exact) mass is 379 g/mol. The standard InChI is InChI=1S/C21H22FN5O/c1-25-18-9-16(22)10-19(26-8-4-7-17(24)13-26)20(18)27(21(25)28)12-15-6-3-2-5-14(15)11-23/h2-3,5-6,9-10,17H,4,7-8,12-13,24H2,1H3. The molecule has 1 atom stereocenters. The SMILES string of the molecule is Cn1c(=O)n(Cc2ccccc2C#N)c2c(N3CCCC(N)C3)cc(F)cc21. The predicted octanol–water partition coefficient (Wildman–Crippen LogP) is 2.33. The number of hydrogen-bond donors (Lipinski definition) is 1. The fourth-order valence-electron chi connectivity index (χ4n) is 4.04. The van der Waals surface area contributed by atoms with Crippen LogP contribution in [0.25, 0.3) is 11.0 Å². The van der Waals surface area contributed by atoms with Gasteiger partial charge in [0.05, 0.1) is 34.9 Å². The number of aryl methyl sites for hydroxylation is 1. The van der Waals surface area contributed by atoms with Crippen LogP contribution < -0.4 is 16.3 Å². The summed E-state index contributed by atoms with van der Waals surface area (Å²) in [6, 6.07) is 12.3. The number of benzene rings is 2. The van der Waals surface area contributed by atoms with E-state index in [1.54, 1.807) is 23.7 Å². The van der Waals surface area contributed by atoms with Gasteiger partial charge in [0.25, 0.3) is 0 Å². The lowest BCUT2D eigenvalue weighted by Crippen LogP contribution is -2.43. The van der Waals surface area contributed by atoms with E-state index in [1.807, 2.05) is 12.1 Å².